The van der Waals surface area contributed by atoms with E-state index in [1.165, 1.54) is 0 Å². The summed E-state index contributed by atoms with van der Waals surface area (Å²) in [5.41, 5.74) is 3.02. The van der Waals surface area contributed by atoms with E-state index in [-0.39, 0.29) is 5.76 Å². The minimum absolute atomic E-state index is 0.235. The van der Waals surface area contributed by atoms with Crippen LogP contribution >= 0.6 is 0 Å². The molecule has 0 atom stereocenters. The van der Waals surface area contributed by atoms with E-state index >= 15 is 0 Å². The highest BCUT2D eigenvalue weighted by atomic mass is 16.3. The summed E-state index contributed by atoms with van der Waals surface area (Å²) in [7, 11) is 0. The molecule has 0 aliphatic heterocycles. The summed E-state index contributed by atoms with van der Waals surface area (Å²) in [4.78, 5) is 23.7. The zero-order chi connectivity index (χ0) is 16.1. The van der Waals surface area contributed by atoms with Crippen LogP contribution in [0.25, 0.3) is 5.76 Å². The number of hydrogen-bond acceptors (Lipinski definition) is 3. The van der Waals surface area contributed by atoms with Gasteiger partial charge in [-0.1, -0.05) is 36.4 Å². The number of rotatable bonds is 4. The molecular weight excluding hydrogens is 278 g/mol. The van der Waals surface area contributed by atoms with Gasteiger partial charge in [-0.05, 0) is 37.1 Å². The van der Waals surface area contributed by atoms with Crippen LogP contribution in [-0.4, -0.2) is 16.8 Å². The molecule has 0 unspecified atom stereocenters. The molecule has 0 saturated carbocycles. The van der Waals surface area contributed by atoms with Gasteiger partial charge in [0.2, 0.25) is 5.78 Å². The van der Waals surface area contributed by atoms with Crippen molar-refractivity contribution in [3.05, 3.63) is 71.3 Å². The van der Waals surface area contributed by atoms with Crippen molar-refractivity contribution in [2.45, 2.75) is 13.8 Å². The maximum Gasteiger partial charge on any atom is 0.296 e. The lowest BCUT2D eigenvalue weighted by atomic mass is 10.1. The van der Waals surface area contributed by atoms with Crippen molar-refractivity contribution in [3.8, 4) is 0 Å². The third-order valence-electron chi connectivity index (χ3n) is 3.04. The van der Waals surface area contributed by atoms with Crippen LogP contribution in [0.4, 0.5) is 5.69 Å². The molecule has 22 heavy (non-hydrogen) atoms. The van der Waals surface area contributed by atoms with Crippen molar-refractivity contribution < 1.29 is 14.7 Å². The number of benzene rings is 2. The van der Waals surface area contributed by atoms with Gasteiger partial charge < -0.3 is 10.4 Å². The Morgan fingerprint density at radius 1 is 1.00 bits per heavy atom. The first-order chi connectivity index (χ1) is 10.5. The number of aryl methyl sites for hydroxylation is 2. The normalized spacial score (nSPS) is 11.1. The van der Waals surface area contributed by atoms with Crippen LogP contribution in [0.3, 0.4) is 0 Å². The number of aliphatic hydroxyl groups excluding tert-OH is 1. The maximum atomic E-state index is 11.9. The largest absolute Gasteiger partial charge is 0.507 e. The summed E-state index contributed by atoms with van der Waals surface area (Å²) >= 11 is 0. The number of amides is 1. The number of ketones is 1. The Balaban J connectivity index is 2.11. The van der Waals surface area contributed by atoms with Crippen LogP contribution in [0.1, 0.15) is 16.7 Å². The summed E-state index contributed by atoms with van der Waals surface area (Å²) < 4.78 is 0. The SMILES string of the molecule is Cc1cc(C)cc(NC(=O)C(=O)/C=C(\O)c2ccccc2)c1. The highest BCUT2D eigenvalue weighted by Gasteiger charge is 2.13. The lowest BCUT2D eigenvalue weighted by Crippen LogP contribution is -2.21. The highest BCUT2D eigenvalue weighted by molar-refractivity contribution is 6.45. The molecule has 2 rings (SSSR count). The van der Waals surface area contributed by atoms with Gasteiger partial charge in [-0.2, -0.15) is 0 Å². The van der Waals surface area contributed by atoms with Crippen molar-refractivity contribution in [2.75, 3.05) is 5.32 Å². The van der Waals surface area contributed by atoms with Crippen molar-refractivity contribution in [1.29, 1.82) is 0 Å². The maximum absolute atomic E-state index is 11.9. The molecular formula is C18H17NO3. The van der Waals surface area contributed by atoms with Crippen LogP contribution in [0.2, 0.25) is 0 Å². The van der Waals surface area contributed by atoms with E-state index in [0.717, 1.165) is 17.2 Å². The summed E-state index contributed by atoms with van der Waals surface area (Å²) in [6, 6.07) is 14.1. The first-order valence-electron chi connectivity index (χ1n) is 6.85. The fourth-order valence-electron chi connectivity index (χ4n) is 2.12. The predicted molar refractivity (Wildman–Crippen MR) is 86.6 cm³/mol. The van der Waals surface area contributed by atoms with E-state index in [1.54, 1.807) is 42.5 Å². The van der Waals surface area contributed by atoms with Gasteiger partial charge in [0.05, 0.1) is 0 Å². The monoisotopic (exact) mass is 295 g/mol. The van der Waals surface area contributed by atoms with Crippen LogP contribution in [0.5, 0.6) is 0 Å². The molecule has 0 saturated heterocycles. The van der Waals surface area contributed by atoms with Gasteiger partial charge in [-0.25, -0.2) is 0 Å². The summed E-state index contributed by atoms with van der Waals surface area (Å²) in [5.74, 6) is -1.82. The zero-order valence-electron chi connectivity index (χ0n) is 12.5. The standard InChI is InChI=1S/C18H17NO3/c1-12-8-13(2)10-15(9-12)19-18(22)17(21)11-16(20)14-6-4-3-5-7-14/h3-11,20H,1-2H3,(H,19,22)/b16-11-. The van der Waals surface area contributed by atoms with E-state index in [0.29, 0.717) is 11.3 Å². The molecule has 2 N–H and O–H groups in total. The molecule has 0 radical (unpaired) electrons. The van der Waals surface area contributed by atoms with Crippen molar-refractivity contribution in [3.63, 3.8) is 0 Å². The summed E-state index contributed by atoms with van der Waals surface area (Å²) in [5, 5.41) is 12.4. The van der Waals surface area contributed by atoms with Crippen molar-refractivity contribution in [1.82, 2.24) is 0 Å². The summed E-state index contributed by atoms with van der Waals surface area (Å²) in [6.45, 7) is 3.82. The lowest BCUT2D eigenvalue weighted by Gasteiger charge is -2.06. The van der Waals surface area contributed by atoms with E-state index in [1.807, 2.05) is 19.9 Å². The fraction of sp³-hybridized carbons (Fsp3) is 0.111. The molecule has 4 heteroatoms. The first-order valence-corrected chi connectivity index (χ1v) is 6.85. The van der Waals surface area contributed by atoms with Gasteiger partial charge in [0.1, 0.15) is 5.76 Å². The third-order valence-corrected chi connectivity index (χ3v) is 3.04. The molecule has 4 nitrogen and oxygen atoms in total. The van der Waals surface area contributed by atoms with Crippen LogP contribution in [0, 0.1) is 13.8 Å². The molecule has 2 aromatic carbocycles. The molecule has 0 aliphatic carbocycles. The smallest absolute Gasteiger partial charge is 0.296 e. The average molecular weight is 295 g/mol. The molecule has 0 aromatic heterocycles. The van der Waals surface area contributed by atoms with E-state index in [2.05, 4.69) is 5.32 Å². The van der Waals surface area contributed by atoms with Gasteiger partial charge in [0, 0.05) is 17.3 Å². The molecule has 0 spiro atoms. The Labute approximate surface area is 129 Å². The summed E-state index contributed by atoms with van der Waals surface area (Å²) in [6.07, 6.45) is 0.924. The average Bonchev–Trinajstić information content (AvgIpc) is 2.46. The van der Waals surface area contributed by atoms with E-state index in [9.17, 15) is 14.7 Å². The van der Waals surface area contributed by atoms with Crippen molar-refractivity contribution >= 4 is 23.1 Å². The van der Waals surface area contributed by atoms with Gasteiger partial charge in [0.25, 0.3) is 5.91 Å². The number of carbonyl (C=O) groups is 2. The molecule has 0 fully saturated rings. The molecule has 1 amide bonds. The minimum atomic E-state index is -0.805. The van der Waals surface area contributed by atoms with Crippen LogP contribution in [-0.2, 0) is 9.59 Å². The second kappa shape index (κ2) is 6.72. The molecule has 0 heterocycles. The predicted octanol–water partition coefficient (Wildman–Crippen LogP) is 3.41. The zero-order valence-corrected chi connectivity index (χ0v) is 12.5. The molecule has 2 aromatic rings. The molecule has 0 bridgehead atoms. The van der Waals surface area contributed by atoms with E-state index < -0.39 is 11.7 Å². The van der Waals surface area contributed by atoms with Crippen LogP contribution in [0.15, 0.2) is 54.6 Å². The van der Waals surface area contributed by atoms with Gasteiger partial charge >= 0.3 is 0 Å². The molecule has 112 valence electrons. The Morgan fingerprint density at radius 2 is 1.59 bits per heavy atom. The van der Waals surface area contributed by atoms with Gasteiger partial charge in [-0.15, -0.1) is 0 Å². The number of hydrogen-bond donors (Lipinski definition) is 2. The highest BCUT2D eigenvalue weighted by Crippen LogP contribution is 2.14. The van der Waals surface area contributed by atoms with E-state index in [4.69, 9.17) is 0 Å². The second-order valence-electron chi connectivity index (χ2n) is 5.09. The van der Waals surface area contributed by atoms with Gasteiger partial charge in [0.15, 0.2) is 0 Å². The van der Waals surface area contributed by atoms with Crippen molar-refractivity contribution in [2.24, 2.45) is 0 Å². The number of aliphatic hydroxyl groups is 1. The Hall–Kier alpha value is -2.88. The Bertz CT molecular complexity index is 713. The van der Waals surface area contributed by atoms with Gasteiger partial charge in [-0.3, -0.25) is 9.59 Å². The Morgan fingerprint density at radius 3 is 2.18 bits per heavy atom. The fourth-order valence-corrected chi connectivity index (χ4v) is 2.12. The lowest BCUT2D eigenvalue weighted by molar-refractivity contribution is -0.131. The topological polar surface area (TPSA) is 66.4 Å². The quantitative estimate of drug-likeness (QED) is 0.516. The first kappa shape index (κ1) is 15.5. The molecule has 0 aliphatic rings. The Kier molecular flexibility index (Phi) is 4.73. The second-order valence-corrected chi connectivity index (χ2v) is 5.09. The number of nitrogens with one attached hydrogen (secondary N) is 1. The minimum Gasteiger partial charge on any atom is -0.507 e. The number of carbonyl (C=O) groups excluding carboxylic acids is 2. The van der Waals surface area contributed by atoms with Crippen LogP contribution < -0.4 is 5.32 Å². The third kappa shape index (κ3) is 4.06. The number of anilines is 1.